The van der Waals surface area contributed by atoms with Crippen molar-refractivity contribution in [2.45, 2.75) is 25.5 Å². The van der Waals surface area contributed by atoms with Crippen LogP contribution >= 0.6 is 0 Å². The third kappa shape index (κ3) is 2.30. The lowest BCUT2D eigenvalue weighted by Crippen LogP contribution is -2.39. The van der Waals surface area contributed by atoms with E-state index >= 15 is 0 Å². The van der Waals surface area contributed by atoms with E-state index in [2.05, 4.69) is 10.3 Å². The summed E-state index contributed by atoms with van der Waals surface area (Å²) in [5.74, 6) is 0.151. The molecule has 1 aliphatic rings. The molecule has 0 saturated carbocycles. The highest BCUT2D eigenvalue weighted by molar-refractivity contribution is 5.92. The normalized spacial score (nSPS) is 24.3. The van der Waals surface area contributed by atoms with Crippen molar-refractivity contribution in [1.29, 1.82) is 0 Å². The predicted molar refractivity (Wildman–Crippen MR) is 59.9 cm³/mol. The van der Waals surface area contributed by atoms with E-state index in [1.54, 1.807) is 18.2 Å². The molecule has 16 heavy (non-hydrogen) atoms. The van der Waals surface area contributed by atoms with Gasteiger partial charge in [0.2, 0.25) is 0 Å². The van der Waals surface area contributed by atoms with Crippen molar-refractivity contribution in [1.82, 2.24) is 10.3 Å². The minimum atomic E-state index is -0.199. The number of rotatable bonds is 2. The molecule has 0 radical (unpaired) electrons. The van der Waals surface area contributed by atoms with E-state index in [1.165, 1.54) is 0 Å². The first-order valence-corrected chi connectivity index (χ1v) is 5.32. The van der Waals surface area contributed by atoms with E-state index < -0.39 is 0 Å². The van der Waals surface area contributed by atoms with Gasteiger partial charge in [0, 0.05) is 6.61 Å². The predicted octanol–water partition coefficient (Wildman–Crippen LogP) is 0.571. The molecule has 5 heteroatoms. The molecule has 5 nitrogen and oxygen atoms in total. The number of nitrogen functional groups attached to an aromatic ring is 1. The fourth-order valence-corrected chi connectivity index (χ4v) is 1.74. The number of carbonyl (C=O) groups is 1. The summed E-state index contributed by atoms with van der Waals surface area (Å²) in [6, 6.07) is 5.08. The van der Waals surface area contributed by atoms with Crippen LogP contribution in [0.5, 0.6) is 0 Å². The first-order valence-electron chi connectivity index (χ1n) is 5.32. The number of hydrogen-bond acceptors (Lipinski definition) is 4. The summed E-state index contributed by atoms with van der Waals surface area (Å²) < 4.78 is 5.37. The number of ether oxygens (including phenoxy) is 1. The summed E-state index contributed by atoms with van der Waals surface area (Å²) in [5, 5.41) is 2.89. The zero-order chi connectivity index (χ0) is 11.5. The van der Waals surface area contributed by atoms with Crippen molar-refractivity contribution in [3.63, 3.8) is 0 Å². The van der Waals surface area contributed by atoms with Crippen LogP contribution in [0.15, 0.2) is 18.2 Å². The lowest BCUT2D eigenvalue weighted by molar-refractivity contribution is 0.0862. The summed E-state index contributed by atoms with van der Waals surface area (Å²) >= 11 is 0. The SMILES string of the molecule is CC1OCCC1NC(=O)c1cccc(N)n1. The molecule has 0 spiro atoms. The van der Waals surface area contributed by atoms with E-state index in [0.717, 1.165) is 6.42 Å². The summed E-state index contributed by atoms with van der Waals surface area (Å²) in [7, 11) is 0. The molecule has 1 fully saturated rings. The van der Waals surface area contributed by atoms with Crippen LogP contribution in [-0.4, -0.2) is 29.6 Å². The molecule has 0 aromatic carbocycles. The molecule has 1 aliphatic heterocycles. The molecule has 0 bridgehead atoms. The van der Waals surface area contributed by atoms with Crippen molar-refractivity contribution in [2.75, 3.05) is 12.3 Å². The van der Waals surface area contributed by atoms with E-state index in [1.807, 2.05) is 6.92 Å². The second kappa shape index (κ2) is 4.49. The van der Waals surface area contributed by atoms with Crippen LogP contribution in [0.1, 0.15) is 23.8 Å². The Morgan fingerprint density at radius 1 is 1.62 bits per heavy atom. The number of pyridine rings is 1. The Morgan fingerprint density at radius 2 is 2.44 bits per heavy atom. The van der Waals surface area contributed by atoms with Crippen molar-refractivity contribution < 1.29 is 9.53 Å². The maximum atomic E-state index is 11.8. The Morgan fingerprint density at radius 3 is 3.06 bits per heavy atom. The fraction of sp³-hybridized carbons (Fsp3) is 0.455. The average Bonchev–Trinajstić information content (AvgIpc) is 2.64. The number of nitrogens with zero attached hydrogens (tertiary/aromatic N) is 1. The van der Waals surface area contributed by atoms with E-state index in [-0.39, 0.29) is 18.1 Å². The third-order valence-electron chi connectivity index (χ3n) is 2.70. The second-order valence-electron chi connectivity index (χ2n) is 3.89. The molecule has 1 aromatic heterocycles. The van der Waals surface area contributed by atoms with Crippen LogP contribution < -0.4 is 11.1 Å². The molecule has 2 heterocycles. The fourth-order valence-electron chi connectivity index (χ4n) is 1.74. The maximum absolute atomic E-state index is 11.8. The number of anilines is 1. The van der Waals surface area contributed by atoms with Crippen molar-refractivity contribution in [3.8, 4) is 0 Å². The monoisotopic (exact) mass is 221 g/mol. The van der Waals surface area contributed by atoms with Gasteiger partial charge in [-0.15, -0.1) is 0 Å². The molecule has 2 rings (SSSR count). The lowest BCUT2D eigenvalue weighted by atomic mass is 10.1. The van der Waals surface area contributed by atoms with Gasteiger partial charge >= 0.3 is 0 Å². The Balaban J connectivity index is 2.03. The third-order valence-corrected chi connectivity index (χ3v) is 2.70. The van der Waals surface area contributed by atoms with Gasteiger partial charge in [-0.1, -0.05) is 6.07 Å². The molecule has 1 amide bonds. The first kappa shape index (κ1) is 10.9. The van der Waals surface area contributed by atoms with Crippen molar-refractivity contribution in [2.24, 2.45) is 0 Å². The summed E-state index contributed by atoms with van der Waals surface area (Å²) in [5.41, 5.74) is 5.86. The molecule has 2 atom stereocenters. The minimum absolute atomic E-state index is 0.0602. The minimum Gasteiger partial charge on any atom is -0.384 e. The van der Waals surface area contributed by atoms with Crippen LogP contribution in [0.4, 0.5) is 5.82 Å². The van der Waals surface area contributed by atoms with Gasteiger partial charge in [0.1, 0.15) is 11.5 Å². The molecule has 2 unspecified atom stereocenters. The van der Waals surface area contributed by atoms with Crippen molar-refractivity contribution in [3.05, 3.63) is 23.9 Å². The standard InChI is InChI=1S/C11H15N3O2/c1-7-8(5-6-16-7)14-11(15)9-3-2-4-10(12)13-9/h2-4,7-8H,5-6H2,1H3,(H2,12,13)(H,14,15). The summed E-state index contributed by atoms with van der Waals surface area (Å²) in [4.78, 5) is 15.8. The molecule has 0 aliphatic carbocycles. The number of nitrogens with two attached hydrogens (primary N) is 1. The van der Waals surface area contributed by atoms with Crippen LogP contribution in [0.2, 0.25) is 0 Å². The Labute approximate surface area is 94.0 Å². The highest BCUT2D eigenvalue weighted by Gasteiger charge is 2.26. The second-order valence-corrected chi connectivity index (χ2v) is 3.89. The number of carbonyl (C=O) groups excluding carboxylic acids is 1. The van der Waals surface area contributed by atoms with E-state index in [4.69, 9.17) is 10.5 Å². The first-order chi connectivity index (χ1) is 7.66. The Kier molecular flexibility index (Phi) is 3.05. The zero-order valence-electron chi connectivity index (χ0n) is 9.14. The smallest absolute Gasteiger partial charge is 0.270 e. The van der Waals surface area contributed by atoms with Gasteiger partial charge in [0.05, 0.1) is 12.1 Å². The van der Waals surface area contributed by atoms with Gasteiger partial charge in [-0.05, 0) is 25.5 Å². The number of aromatic nitrogens is 1. The van der Waals surface area contributed by atoms with E-state index in [0.29, 0.717) is 18.1 Å². The molecular formula is C11H15N3O2. The number of nitrogens with one attached hydrogen (secondary N) is 1. The van der Waals surface area contributed by atoms with Crippen LogP contribution in [0.3, 0.4) is 0 Å². The van der Waals surface area contributed by atoms with Gasteiger partial charge in [0.25, 0.3) is 5.91 Å². The Hall–Kier alpha value is -1.62. The summed E-state index contributed by atoms with van der Waals surface area (Å²) in [6.07, 6.45) is 0.903. The molecule has 3 N–H and O–H groups in total. The molecular weight excluding hydrogens is 206 g/mol. The lowest BCUT2D eigenvalue weighted by Gasteiger charge is -2.15. The topological polar surface area (TPSA) is 77.2 Å². The summed E-state index contributed by atoms with van der Waals surface area (Å²) in [6.45, 7) is 2.64. The average molecular weight is 221 g/mol. The van der Waals surface area contributed by atoms with Crippen LogP contribution in [-0.2, 0) is 4.74 Å². The van der Waals surface area contributed by atoms with Crippen molar-refractivity contribution >= 4 is 11.7 Å². The van der Waals surface area contributed by atoms with E-state index in [9.17, 15) is 4.79 Å². The number of hydrogen-bond donors (Lipinski definition) is 2. The van der Waals surface area contributed by atoms with Crippen LogP contribution in [0, 0.1) is 0 Å². The van der Waals surface area contributed by atoms with Crippen LogP contribution in [0.25, 0.3) is 0 Å². The van der Waals surface area contributed by atoms with Gasteiger partial charge in [-0.3, -0.25) is 4.79 Å². The quantitative estimate of drug-likeness (QED) is 0.765. The number of amides is 1. The van der Waals surface area contributed by atoms with Gasteiger partial charge < -0.3 is 15.8 Å². The van der Waals surface area contributed by atoms with Gasteiger partial charge in [-0.2, -0.15) is 0 Å². The zero-order valence-corrected chi connectivity index (χ0v) is 9.14. The highest BCUT2D eigenvalue weighted by Crippen LogP contribution is 2.13. The molecule has 86 valence electrons. The largest absolute Gasteiger partial charge is 0.384 e. The maximum Gasteiger partial charge on any atom is 0.270 e. The van der Waals surface area contributed by atoms with Gasteiger partial charge in [0.15, 0.2) is 0 Å². The molecule has 1 saturated heterocycles. The van der Waals surface area contributed by atoms with Gasteiger partial charge in [-0.25, -0.2) is 4.98 Å². The highest BCUT2D eigenvalue weighted by atomic mass is 16.5. The Bertz CT molecular complexity index is 395. The molecule has 1 aromatic rings.